The van der Waals surface area contributed by atoms with E-state index in [0.29, 0.717) is 24.0 Å². The van der Waals surface area contributed by atoms with Crippen LogP contribution >= 0.6 is 0 Å². The van der Waals surface area contributed by atoms with Gasteiger partial charge in [0.05, 0.1) is 36.8 Å². The second kappa shape index (κ2) is 14.0. The number of aryl methyl sites for hydroxylation is 2. The molecule has 0 aromatic heterocycles. The molecule has 2 aromatic rings. The van der Waals surface area contributed by atoms with Gasteiger partial charge >= 0.3 is 7.12 Å². The molecule has 10 heteroatoms. The van der Waals surface area contributed by atoms with E-state index in [0.717, 1.165) is 40.0 Å². The van der Waals surface area contributed by atoms with Crippen molar-refractivity contribution in [2.45, 2.75) is 59.0 Å². The van der Waals surface area contributed by atoms with Gasteiger partial charge in [-0.05, 0) is 97.1 Å². The number of methoxy groups -OCH3 is 1. The third kappa shape index (κ3) is 6.79. The van der Waals surface area contributed by atoms with Gasteiger partial charge in [-0.15, -0.1) is 0 Å². The second-order valence-corrected chi connectivity index (χ2v) is 11.7. The lowest BCUT2D eigenvalue weighted by molar-refractivity contribution is -0.123. The number of benzene rings is 2. The van der Waals surface area contributed by atoms with Crippen LogP contribution in [0.15, 0.2) is 53.1 Å². The fraction of sp³-hybridized carbons (Fsp3) is 0.455. The number of fused-ring (bicyclic) bond motifs is 1. The first-order chi connectivity index (χ1) is 20.5. The van der Waals surface area contributed by atoms with Crippen molar-refractivity contribution < 1.29 is 39.7 Å². The molecule has 1 saturated heterocycles. The number of amides is 2. The summed E-state index contributed by atoms with van der Waals surface area (Å²) in [5, 5.41) is 51.6. The second-order valence-electron chi connectivity index (χ2n) is 11.7. The summed E-state index contributed by atoms with van der Waals surface area (Å²) in [7, 11) is -0.230. The van der Waals surface area contributed by atoms with Gasteiger partial charge in [0, 0.05) is 13.0 Å². The average molecular weight is 592 g/mol. The summed E-state index contributed by atoms with van der Waals surface area (Å²) in [4.78, 5) is 28.4. The predicted molar refractivity (Wildman–Crippen MR) is 166 cm³/mol. The zero-order chi connectivity index (χ0) is 31.4. The first kappa shape index (κ1) is 32.6. The Bertz CT molecular complexity index is 1390. The molecule has 1 heterocycles. The lowest BCUT2D eigenvalue weighted by Gasteiger charge is -2.36. The maximum absolute atomic E-state index is 13.8. The molecule has 4 atom stereocenters. The number of carbonyl (C=O) groups excluding carboxylic acids is 2. The molecule has 2 aliphatic rings. The van der Waals surface area contributed by atoms with E-state index >= 15 is 0 Å². The Kier molecular flexibility index (Phi) is 10.6. The Labute approximate surface area is 253 Å². The minimum Gasteiger partial charge on any atom is -0.507 e. The van der Waals surface area contributed by atoms with E-state index in [1.807, 2.05) is 26.0 Å². The van der Waals surface area contributed by atoms with Gasteiger partial charge in [0.2, 0.25) is 11.8 Å². The smallest absolute Gasteiger partial charge is 0.488 e. The standard InChI is InChI=1S/C33H42BNO8/c1-5-7-21(14-22-12-19(2)31(38)20(3)13-22)10-11-28(37)29-23(18-43-4)15-26-30(27(29)17-36)33(40)35(32(26)39)25-9-6-8-24(16-25)34(41)42/h6,8-9,12-14,16,26-28,30,36-38,41-42H,5,7,10-11,15,17-18H2,1-4H3/b21-14+/t26-,27+,28-,30-/m1/s1. The number of ether oxygens (including phenoxy) is 1. The highest BCUT2D eigenvalue weighted by Crippen LogP contribution is 2.47. The summed E-state index contributed by atoms with van der Waals surface area (Å²) >= 11 is 0. The van der Waals surface area contributed by atoms with Gasteiger partial charge in [0.1, 0.15) is 5.75 Å². The number of aromatic hydroxyl groups is 1. The van der Waals surface area contributed by atoms with Crippen LogP contribution in [0.25, 0.3) is 6.08 Å². The van der Waals surface area contributed by atoms with E-state index in [4.69, 9.17) is 4.74 Å². The van der Waals surface area contributed by atoms with Crippen LogP contribution in [0.2, 0.25) is 0 Å². The highest BCUT2D eigenvalue weighted by molar-refractivity contribution is 6.58. The van der Waals surface area contributed by atoms with E-state index in [9.17, 15) is 35.0 Å². The van der Waals surface area contributed by atoms with E-state index < -0.39 is 49.4 Å². The summed E-state index contributed by atoms with van der Waals surface area (Å²) in [5.74, 6) is -2.99. The number of hydrogen-bond donors (Lipinski definition) is 5. The number of phenolic OH excluding ortho intramolecular Hbond substituents is 1. The van der Waals surface area contributed by atoms with Gasteiger partial charge in [-0.3, -0.25) is 14.5 Å². The molecule has 0 radical (unpaired) electrons. The van der Waals surface area contributed by atoms with Crippen LogP contribution in [-0.4, -0.2) is 70.7 Å². The van der Waals surface area contributed by atoms with Crippen LogP contribution in [-0.2, 0) is 14.3 Å². The largest absolute Gasteiger partial charge is 0.507 e. The van der Waals surface area contributed by atoms with Crippen LogP contribution in [0.5, 0.6) is 5.75 Å². The minimum atomic E-state index is -1.76. The number of nitrogens with zero attached hydrogens (tertiary/aromatic N) is 1. The Morgan fingerprint density at radius 3 is 2.42 bits per heavy atom. The fourth-order valence-corrected chi connectivity index (χ4v) is 6.72. The molecule has 0 saturated carbocycles. The predicted octanol–water partition coefficient (Wildman–Crippen LogP) is 2.77. The molecular formula is C33H42BNO8. The van der Waals surface area contributed by atoms with E-state index in [-0.39, 0.29) is 29.9 Å². The number of phenols is 1. The molecular weight excluding hydrogens is 549 g/mol. The molecule has 1 aliphatic carbocycles. The van der Waals surface area contributed by atoms with Crippen LogP contribution in [0, 0.1) is 31.6 Å². The summed E-state index contributed by atoms with van der Waals surface area (Å²) in [6.07, 6.45) is 4.03. The average Bonchev–Trinajstić information content (AvgIpc) is 3.22. The van der Waals surface area contributed by atoms with E-state index in [2.05, 4.69) is 13.0 Å². The van der Waals surface area contributed by atoms with Crippen molar-refractivity contribution in [2.75, 3.05) is 25.2 Å². The molecule has 2 aromatic carbocycles. The summed E-state index contributed by atoms with van der Waals surface area (Å²) in [6.45, 7) is 5.55. The van der Waals surface area contributed by atoms with Gasteiger partial charge in [-0.25, -0.2) is 0 Å². The van der Waals surface area contributed by atoms with Crippen molar-refractivity contribution >= 4 is 36.2 Å². The maximum Gasteiger partial charge on any atom is 0.488 e. The van der Waals surface area contributed by atoms with Crippen LogP contribution in [0.4, 0.5) is 5.69 Å². The Morgan fingerprint density at radius 2 is 1.81 bits per heavy atom. The first-order valence-corrected chi connectivity index (χ1v) is 14.8. The van der Waals surface area contributed by atoms with Crippen molar-refractivity contribution in [1.29, 1.82) is 0 Å². The van der Waals surface area contributed by atoms with Gasteiger partial charge in [-0.1, -0.05) is 37.1 Å². The van der Waals surface area contributed by atoms with Gasteiger partial charge in [0.25, 0.3) is 0 Å². The number of carbonyl (C=O) groups is 2. The topological polar surface area (TPSA) is 148 Å². The number of allylic oxidation sites excluding steroid dienone is 1. The van der Waals surface area contributed by atoms with Crippen molar-refractivity contribution in [1.82, 2.24) is 0 Å². The molecule has 230 valence electrons. The van der Waals surface area contributed by atoms with Gasteiger partial charge < -0.3 is 30.1 Å². The van der Waals surface area contributed by atoms with Crippen molar-refractivity contribution in [3.8, 4) is 5.75 Å². The monoisotopic (exact) mass is 591 g/mol. The van der Waals surface area contributed by atoms with E-state index in [1.165, 1.54) is 19.2 Å². The molecule has 1 fully saturated rings. The Balaban J connectivity index is 1.62. The lowest BCUT2D eigenvalue weighted by atomic mass is 9.68. The Morgan fingerprint density at radius 1 is 1.12 bits per heavy atom. The Hall–Kier alpha value is -3.28. The van der Waals surface area contributed by atoms with E-state index in [1.54, 1.807) is 12.1 Å². The summed E-state index contributed by atoms with van der Waals surface area (Å²) < 4.78 is 5.45. The van der Waals surface area contributed by atoms with Crippen LogP contribution < -0.4 is 10.4 Å². The number of rotatable bonds is 12. The lowest BCUT2D eigenvalue weighted by Crippen LogP contribution is -2.40. The normalized spacial score (nSPS) is 21.4. The summed E-state index contributed by atoms with van der Waals surface area (Å²) in [5.41, 5.74) is 5.35. The molecule has 4 rings (SSSR count). The van der Waals surface area contributed by atoms with Crippen LogP contribution in [0.3, 0.4) is 0 Å². The molecule has 0 unspecified atom stereocenters. The quantitative estimate of drug-likeness (QED) is 0.144. The zero-order valence-electron chi connectivity index (χ0n) is 25.3. The molecule has 0 bridgehead atoms. The third-order valence-corrected chi connectivity index (χ3v) is 8.68. The van der Waals surface area contributed by atoms with Crippen molar-refractivity contribution in [3.63, 3.8) is 0 Å². The molecule has 43 heavy (non-hydrogen) atoms. The molecule has 9 nitrogen and oxygen atoms in total. The number of hydrogen-bond acceptors (Lipinski definition) is 8. The SMILES string of the molecule is CCC/C(=C\c1cc(C)c(O)c(C)c1)CC[C@@H](O)C1=C(COC)C[C@H]2C(=O)N(c3cccc(B(O)O)c3)C(=O)[C@H]2[C@H]1CO. The van der Waals surface area contributed by atoms with Crippen molar-refractivity contribution in [3.05, 3.63) is 69.8 Å². The maximum atomic E-state index is 13.8. The number of anilines is 1. The fourth-order valence-electron chi connectivity index (χ4n) is 6.72. The number of imide groups is 1. The molecule has 5 N–H and O–H groups in total. The number of aliphatic hydroxyl groups excluding tert-OH is 2. The van der Waals surface area contributed by atoms with Gasteiger partial charge in [-0.2, -0.15) is 0 Å². The van der Waals surface area contributed by atoms with Crippen molar-refractivity contribution in [2.24, 2.45) is 17.8 Å². The molecule has 1 aliphatic heterocycles. The minimum absolute atomic E-state index is 0.148. The summed E-state index contributed by atoms with van der Waals surface area (Å²) in [6, 6.07) is 9.85. The third-order valence-electron chi connectivity index (χ3n) is 8.68. The zero-order valence-corrected chi connectivity index (χ0v) is 25.3. The van der Waals surface area contributed by atoms with Crippen LogP contribution in [0.1, 0.15) is 55.7 Å². The highest BCUT2D eigenvalue weighted by Gasteiger charge is 2.55. The highest BCUT2D eigenvalue weighted by atomic mass is 16.5. The number of aliphatic hydroxyl groups is 2. The first-order valence-electron chi connectivity index (χ1n) is 14.8. The molecule has 2 amide bonds. The van der Waals surface area contributed by atoms with Gasteiger partial charge in [0.15, 0.2) is 0 Å². The molecule has 0 spiro atoms.